The fourth-order valence-electron chi connectivity index (χ4n) is 1.43. The van der Waals surface area contributed by atoms with E-state index in [0.29, 0.717) is 17.0 Å². The Morgan fingerprint density at radius 3 is 2.18 bits per heavy atom. The van der Waals surface area contributed by atoms with E-state index < -0.39 is 29.1 Å². The Balaban J connectivity index is 2.47. The highest BCUT2D eigenvalue weighted by Gasteiger charge is 2.22. The van der Waals surface area contributed by atoms with Crippen LogP contribution in [0.15, 0.2) is 28.1 Å². The molecule has 0 bridgehead atoms. The van der Waals surface area contributed by atoms with E-state index in [1.54, 1.807) is 12.1 Å². The first-order valence-electron chi connectivity index (χ1n) is 4.57. The predicted molar refractivity (Wildman–Crippen MR) is 62.4 cm³/mol. The predicted octanol–water partition coefficient (Wildman–Crippen LogP) is 4.01. The molecule has 17 heavy (non-hydrogen) atoms. The summed E-state index contributed by atoms with van der Waals surface area (Å²) >= 11 is 4.33. The van der Waals surface area contributed by atoms with E-state index in [2.05, 4.69) is 15.9 Å². The Morgan fingerprint density at radius 1 is 1.12 bits per heavy atom. The van der Waals surface area contributed by atoms with E-state index in [4.69, 9.17) is 0 Å². The SMILES string of the molecule is OC(c1ccc(Br)s1)c1c(F)cc(F)cc1F. The van der Waals surface area contributed by atoms with Crippen molar-refractivity contribution in [2.75, 3.05) is 0 Å². The maximum atomic E-state index is 13.4. The average molecular weight is 323 g/mol. The van der Waals surface area contributed by atoms with Gasteiger partial charge < -0.3 is 5.11 Å². The molecule has 0 fully saturated rings. The maximum Gasteiger partial charge on any atom is 0.135 e. The zero-order chi connectivity index (χ0) is 12.6. The van der Waals surface area contributed by atoms with Crippen LogP contribution in [-0.4, -0.2) is 5.11 Å². The summed E-state index contributed by atoms with van der Waals surface area (Å²) in [6.07, 6.45) is -1.44. The lowest BCUT2D eigenvalue weighted by molar-refractivity contribution is 0.212. The molecule has 0 aliphatic carbocycles. The first kappa shape index (κ1) is 12.6. The van der Waals surface area contributed by atoms with Gasteiger partial charge in [-0.1, -0.05) is 0 Å². The van der Waals surface area contributed by atoms with Gasteiger partial charge in [0.1, 0.15) is 23.6 Å². The third kappa shape index (κ3) is 2.53. The van der Waals surface area contributed by atoms with Crippen LogP contribution >= 0.6 is 27.3 Å². The zero-order valence-electron chi connectivity index (χ0n) is 8.25. The van der Waals surface area contributed by atoms with Crippen molar-refractivity contribution in [2.24, 2.45) is 0 Å². The third-order valence-corrected chi connectivity index (χ3v) is 3.86. The molecule has 1 aromatic carbocycles. The smallest absolute Gasteiger partial charge is 0.135 e. The van der Waals surface area contributed by atoms with Crippen LogP contribution in [0.3, 0.4) is 0 Å². The van der Waals surface area contributed by atoms with Crippen LogP contribution in [0, 0.1) is 17.5 Å². The van der Waals surface area contributed by atoms with Crippen molar-refractivity contribution >= 4 is 27.3 Å². The lowest BCUT2D eigenvalue weighted by atomic mass is 10.1. The van der Waals surface area contributed by atoms with E-state index in [1.165, 1.54) is 0 Å². The molecule has 1 atom stereocenters. The summed E-state index contributed by atoms with van der Waals surface area (Å²) in [5.74, 6) is -3.21. The van der Waals surface area contributed by atoms with Crippen molar-refractivity contribution in [3.8, 4) is 0 Å². The summed E-state index contributed by atoms with van der Waals surface area (Å²) in [4.78, 5) is 0.376. The zero-order valence-corrected chi connectivity index (χ0v) is 10.7. The topological polar surface area (TPSA) is 20.2 Å². The van der Waals surface area contributed by atoms with Crippen LogP contribution in [0.1, 0.15) is 16.5 Å². The quantitative estimate of drug-likeness (QED) is 0.885. The first-order chi connectivity index (χ1) is 7.99. The average Bonchev–Trinajstić information content (AvgIpc) is 2.63. The number of thiophene rings is 1. The number of aliphatic hydroxyl groups is 1. The number of aliphatic hydroxyl groups excluding tert-OH is 1. The second kappa shape index (κ2) is 4.80. The largest absolute Gasteiger partial charge is 0.383 e. The normalized spacial score (nSPS) is 12.8. The third-order valence-electron chi connectivity index (χ3n) is 2.18. The second-order valence-electron chi connectivity index (χ2n) is 3.33. The monoisotopic (exact) mass is 322 g/mol. The number of hydrogen-bond donors (Lipinski definition) is 1. The minimum Gasteiger partial charge on any atom is -0.383 e. The molecule has 1 aromatic heterocycles. The van der Waals surface area contributed by atoms with Crippen molar-refractivity contribution in [3.05, 3.63) is 55.9 Å². The Morgan fingerprint density at radius 2 is 1.71 bits per heavy atom. The van der Waals surface area contributed by atoms with Gasteiger partial charge in [0.15, 0.2) is 0 Å². The van der Waals surface area contributed by atoms with Crippen molar-refractivity contribution < 1.29 is 18.3 Å². The van der Waals surface area contributed by atoms with Gasteiger partial charge in [0.25, 0.3) is 0 Å². The number of hydrogen-bond acceptors (Lipinski definition) is 2. The van der Waals surface area contributed by atoms with Gasteiger partial charge in [-0.25, -0.2) is 13.2 Å². The molecule has 0 saturated heterocycles. The molecule has 6 heteroatoms. The first-order valence-corrected chi connectivity index (χ1v) is 6.17. The summed E-state index contributed by atoms with van der Waals surface area (Å²) in [5.41, 5.74) is -0.541. The highest BCUT2D eigenvalue weighted by molar-refractivity contribution is 9.11. The van der Waals surface area contributed by atoms with Crippen molar-refractivity contribution in [1.29, 1.82) is 0 Å². The minimum absolute atomic E-state index is 0.376. The van der Waals surface area contributed by atoms with Gasteiger partial charge in [-0.2, -0.15) is 0 Å². The van der Waals surface area contributed by atoms with Gasteiger partial charge in [-0.15, -0.1) is 11.3 Å². The second-order valence-corrected chi connectivity index (χ2v) is 5.82. The standard InChI is InChI=1S/C11H6BrF3OS/c12-9-2-1-8(17-9)11(16)10-6(14)3-5(13)4-7(10)15/h1-4,11,16H. The molecule has 0 saturated carbocycles. The molecular formula is C11H6BrF3OS. The molecule has 0 aliphatic rings. The summed E-state index contributed by atoms with van der Waals surface area (Å²) in [6, 6.07) is 4.29. The van der Waals surface area contributed by atoms with Crippen molar-refractivity contribution in [2.45, 2.75) is 6.10 Å². The van der Waals surface area contributed by atoms with Crippen LogP contribution < -0.4 is 0 Å². The molecule has 2 aromatic rings. The van der Waals surface area contributed by atoms with Crippen molar-refractivity contribution in [3.63, 3.8) is 0 Å². The fourth-order valence-corrected chi connectivity index (χ4v) is 2.85. The highest BCUT2D eigenvalue weighted by Crippen LogP contribution is 2.33. The molecule has 1 unspecified atom stereocenters. The molecule has 0 spiro atoms. The van der Waals surface area contributed by atoms with E-state index >= 15 is 0 Å². The lowest BCUT2D eigenvalue weighted by Gasteiger charge is -2.11. The van der Waals surface area contributed by atoms with Crippen LogP contribution in [-0.2, 0) is 0 Å². The fraction of sp³-hybridized carbons (Fsp3) is 0.0909. The summed E-state index contributed by atoms with van der Waals surface area (Å²) in [6.45, 7) is 0. The molecular weight excluding hydrogens is 317 g/mol. The van der Waals surface area contributed by atoms with Gasteiger partial charge in [0.2, 0.25) is 0 Å². The summed E-state index contributed by atoms with van der Waals surface area (Å²) < 4.78 is 40.3. The Bertz CT molecular complexity index is 532. The Hall–Kier alpha value is -0.850. The molecule has 90 valence electrons. The van der Waals surface area contributed by atoms with Gasteiger partial charge >= 0.3 is 0 Å². The molecule has 1 heterocycles. The van der Waals surface area contributed by atoms with E-state index in [0.717, 1.165) is 15.1 Å². The summed E-state index contributed by atoms with van der Waals surface area (Å²) in [7, 11) is 0. The molecule has 1 nitrogen and oxygen atoms in total. The molecule has 0 amide bonds. The molecule has 1 N–H and O–H groups in total. The van der Waals surface area contributed by atoms with Gasteiger partial charge in [0, 0.05) is 17.0 Å². The van der Waals surface area contributed by atoms with Crippen LogP contribution in [0.4, 0.5) is 13.2 Å². The molecule has 0 aliphatic heterocycles. The highest BCUT2D eigenvalue weighted by atomic mass is 79.9. The molecule has 0 radical (unpaired) electrons. The number of halogens is 4. The number of benzene rings is 1. The Kier molecular flexibility index (Phi) is 3.56. The number of rotatable bonds is 2. The van der Waals surface area contributed by atoms with Gasteiger partial charge in [-0.05, 0) is 28.1 Å². The van der Waals surface area contributed by atoms with Crippen LogP contribution in [0.25, 0.3) is 0 Å². The van der Waals surface area contributed by atoms with Gasteiger partial charge in [-0.3, -0.25) is 0 Å². The van der Waals surface area contributed by atoms with E-state index in [-0.39, 0.29) is 0 Å². The van der Waals surface area contributed by atoms with Crippen molar-refractivity contribution in [1.82, 2.24) is 0 Å². The minimum atomic E-state index is -1.44. The van der Waals surface area contributed by atoms with Gasteiger partial charge in [0.05, 0.1) is 9.35 Å². The van der Waals surface area contributed by atoms with E-state index in [9.17, 15) is 18.3 Å². The Labute approximate surface area is 108 Å². The van der Waals surface area contributed by atoms with Crippen LogP contribution in [0.2, 0.25) is 0 Å². The lowest BCUT2D eigenvalue weighted by Crippen LogP contribution is -2.05. The summed E-state index contributed by atoms with van der Waals surface area (Å²) in [5, 5.41) is 9.84. The maximum absolute atomic E-state index is 13.4. The molecule has 2 rings (SSSR count). The van der Waals surface area contributed by atoms with Crippen LogP contribution in [0.5, 0.6) is 0 Å². The van der Waals surface area contributed by atoms with E-state index in [1.807, 2.05) is 0 Å².